The van der Waals surface area contributed by atoms with Crippen LogP contribution in [-0.4, -0.2) is 58.8 Å². The van der Waals surface area contributed by atoms with E-state index in [1.807, 2.05) is 18.7 Å². The number of aromatic nitrogens is 2. The molecule has 0 aromatic carbocycles. The van der Waals surface area contributed by atoms with Gasteiger partial charge in [0, 0.05) is 37.2 Å². The van der Waals surface area contributed by atoms with E-state index < -0.39 is 10.0 Å². The van der Waals surface area contributed by atoms with E-state index in [0.717, 1.165) is 18.8 Å². The van der Waals surface area contributed by atoms with Crippen LogP contribution in [0.15, 0.2) is 4.90 Å². The number of nitrogens with zero attached hydrogens (tertiary/aromatic N) is 3. The van der Waals surface area contributed by atoms with Gasteiger partial charge in [0.25, 0.3) is 0 Å². The molecule has 0 radical (unpaired) electrons. The summed E-state index contributed by atoms with van der Waals surface area (Å²) >= 11 is 1.86. The zero-order valence-electron chi connectivity index (χ0n) is 13.5. The number of hydrogen-bond donors (Lipinski definition) is 0. The maximum absolute atomic E-state index is 12.8. The largest absolute Gasteiger partial charge is 0.378 e. The quantitative estimate of drug-likeness (QED) is 0.823. The molecule has 8 heteroatoms. The third-order valence-corrected chi connectivity index (χ3v) is 8.17. The van der Waals surface area contributed by atoms with Crippen LogP contribution in [0.25, 0.3) is 0 Å². The molecule has 1 aromatic heterocycles. The first-order valence-corrected chi connectivity index (χ1v) is 9.97. The van der Waals surface area contributed by atoms with Crippen molar-refractivity contribution < 1.29 is 13.2 Å². The van der Waals surface area contributed by atoms with Crippen LogP contribution in [0, 0.1) is 13.8 Å². The number of ether oxygens (including phenoxy) is 1. The Labute approximate surface area is 136 Å². The van der Waals surface area contributed by atoms with Gasteiger partial charge in [0.1, 0.15) is 4.90 Å². The minimum absolute atomic E-state index is 0.0525. The predicted molar refractivity (Wildman–Crippen MR) is 86.7 cm³/mol. The standard InChI is InChI=1S/C14H23N3O3S2/c1-5-20-12-6-14(21-7-12)8-17(9-14)22(18,19)13-10(2)15-16(4)11(13)3/h12H,5-9H2,1-4H3/t12-/m1/s1. The fourth-order valence-corrected chi connectivity index (χ4v) is 7.12. The average Bonchev–Trinajstić information content (AvgIpc) is 2.91. The van der Waals surface area contributed by atoms with Gasteiger partial charge < -0.3 is 4.74 Å². The molecular weight excluding hydrogens is 322 g/mol. The maximum atomic E-state index is 12.8. The minimum Gasteiger partial charge on any atom is -0.378 e. The van der Waals surface area contributed by atoms with Gasteiger partial charge in [-0.25, -0.2) is 8.42 Å². The van der Waals surface area contributed by atoms with E-state index >= 15 is 0 Å². The number of aryl methyl sites for hydroxylation is 2. The van der Waals surface area contributed by atoms with Gasteiger partial charge in [-0.15, -0.1) is 11.8 Å². The van der Waals surface area contributed by atoms with Gasteiger partial charge in [0.2, 0.25) is 10.0 Å². The van der Waals surface area contributed by atoms with Crippen LogP contribution in [0.1, 0.15) is 24.7 Å². The molecule has 6 nitrogen and oxygen atoms in total. The second-order valence-corrected chi connectivity index (χ2v) is 9.53. The molecule has 1 atom stereocenters. The lowest BCUT2D eigenvalue weighted by Gasteiger charge is -2.46. The lowest BCUT2D eigenvalue weighted by molar-refractivity contribution is 0.0598. The van der Waals surface area contributed by atoms with Gasteiger partial charge in [-0.3, -0.25) is 4.68 Å². The Bertz CT molecular complexity index is 678. The molecular formula is C14H23N3O3S2. The van der Waals surface area contributed by atoms with Gasteiger partial charge >= 0.3 is 0 Å². The third kappa shape index (κ3) is 2.50. The zero-order chi connectivity index (χ0) is 16.1. The molecule has 0 N–H and O–H groups in total. The van der Waals surface area contributed by atoms with Crippen LogP contribution in [0.5, 0.6) is 0 Å². The fourth-order valence-electron chi connectivity index (χ4n) is 3.39. The number of sulfonamides is 1. The van der Waals surface area contributed by atoms with E-state index in [0.29, 0.717) is 29.4 Å². The molecule has 2 aliphatic rings. The Kier molecular flexibility index (Phi) is 4.08. The Hall–Kier alpha value is -0.570. The van der Waals surface area contributed by atoms with Crippen LogP contribution in [-0.2, 0) is 21.8 Å². The lowest BCUT2D eigenvalue weighted by atomic mass is 9.95. The molecule has 2 saturated heterocycles. The van der Waals surface area contributed by atoms with Crippen molar-refractivity contribution in [2.75, 3.05) is 25.4 Å². The monoisotopic (exact) mass is 345 g/mol. The number of rotatable bonds is 4. The van der Waals surface area contributed by atoms with Crippen LogP contribution in [0.3, 0.4) is 0 Å². The summed E-state index contributed by atoms with van der Waals surface area (Å²) in [5.41, 5.74) is 1.27. The normalized spacial score (nSPS) is 24.8. The highest BCUT2D eigenvalue weighted by Crippen LogP contribution is 2.47. The van der Waals surface area contributed by atoms with E-state index in [4.69, 9.17) is 4.74 Å². The summed E-state index contributed by atoms with van der Waals surface area (Å²) in [6.45, 7) is 7.44. The lowest BCUT2D eigenvalue weighted by Crippen LogP contribution is -2.60. The van der Waals surface area contributed by atoms with Crippen molar-refractivity contribution >= 4 is 21.8 Å². The molecule has 3 heterocycles. The third-order valence-electron chi connectivity index (χ3n) is 4.55. The summed E-state index contributed by atoms with van der Waals surface area (Å²) in [6.07, 6.45) is 1.21. The van der Waals surface area contributed by atoms with Crippen molar-refractivity contribution in [2.24, 2.45) is 7.05 Å². The molecule has 0 saturated carbocycles. The van der Waals surface area contributed by atoms with Crippen molar-refractivity contribution in [1.29, 1.82) is 0 Å². The van der Waals surface area contributed by atoms with Gasteiger partial charge in [0.05, 0.1) is 17.5 Å². The molecule has 0 unspecified atom stereocenters. The second kappa shape index (κ2) is 5.51. The summed E-state index contributed by atoms with van der Waals surface area (Å²) in [4.78, 5) is 0.370. The molecule has 2 aliphatic heterocycles. The Morgan fingerprint density at radius 2 is 2.09 bits per heavy atom. The van der Waals surface area contributed by atoms with E-state index in [1.54, 1.807) is 29.9 Å². The van der Waals surface area contributed by atoms with E-state index in [2.05, 4.69) is 5.10 Å². The molecule has 0 amide bonds. The molecule has 3 rings (SSSR count). The van der Waals surface area contributed by atoms with Gasteiger partial charge in [-0.2, -0.15) is 9.40 Å². The first-order valence-electron chi connectivity index (χ1n) is 7.55. The summed E-state index contributed by atoms with van der Waals surface area (Å²) in [5.74, 6) is 0.965. The molecule has 1 aromatic rings. The maximum Gasteiger partial charge on any atom is 0.246 e. The minimum atomic E-state index is -3.44. The van der Waals surface area contributed by atoms with E-state index in [1.165, 1.54) is 0 Å². The average molecular weight is 345 g/mol. The van der Waals surface area contributed by atoms with Crippen LogP contribution >= 0.6 is 11.8 Å². The van der Waals surface area contributed by atoms with Crippen molar-refractivity contribution in [2.45, 2.75) is 42.9 Å². The fraction of sp³-hybridized carbons (Fsp3) is 0.786. The molecule has 22 heavy (non-hydrogen) atoms. The predicted octanol–water partition coefficient (Wildman–Crippen LogP) is 1.32. The summed E-state index contributed by atoms with van der Waals surface area (Å²) < 4.78 is 34.6. The molecule has 124 valence electrons. The first kappa shape index (κ1) is 16.3. The van der Waals surface area contributed by atoms with Gasteiger partial charge in [-0.05, 0) is 27.2 Å². The van der Waals surface area contributed by atoms with Crippen LogP contribution in [0.2, 0.25) is 0 Å². The highest BCUT2D eigenvalue weighted by molar-refractivity contribution is 8.01. The zero-order valence-corrected chi connectivity index (χ0v) is 15.1. The first-order chi connectivity index (χ1) is 10.3. The van der Waals surface area contributed by atoms with Gasteiger partial charge in [-0.1, -0.05) is 0 Å². The molecule has 0 aliphatic carbocycles. The Balaban J connectivity index is 1.75. The molecule has 1 spiro atoms. The highest BCUT2D eigenvalue weighted by atomic mass is 32.2. The highest BCUT2D eigenvalue weighted by Gasteiger charge is 2.53. The van der Waals surface area contributed by atoms with E-state index in [9.17, 15) is 8.42 Å². The Morgan fingerprint density at radius 3 is 2.64 bits per heavy atom. The van der Waals surface area contributed by atoms with Crippen LogP contribution < -0.4 is 0 Å². The van der Waals surface area contributed by atoms with Crippen molar-refractivity contribution in [3.8, 4) is 0 Å². The topological polar surface area (TPSA) is 64.4 Å². The van der Waals surface area contributed by atoms with Crippen molar-refractivity contribution in [3.63, 3.8) is 0 Å². The number of hydrogen-bond acceptors (Lipinski definition) is 5. The van der Waals surface area contributed by atoms with Gasteiger partial charge in [0.15, 0.2) is 0 Å². The van der Waals surface area contributed by atoms with Crippen LogP contribution in [0.4, 0.5) is 0 Å². The van der Waals surface area contributed by atoms with E-state index in [-0.39, 0.29) is 10.9 Å². The second-order valence-electron chi connectivity index (χ2n) is 6.17. The smallest absolute Gasteiger partial charge is 0.246 e. The van der Waals surface area contributed by atoms with Crippen molar-refractivity contribution in [3.05, 3.63) is 11.4 Å². The Morgan fingerprint density at radius 1 is 1.41 bits per heavy atom. The SMILES string of the molecule is CCO[C@H]1CSC2(C1)CN(S(=O)(=O)c1c(C)nn(C)c1C)C2. The summed E-state index contributed by atoms with van der Waals surface area (Å²) in [6, 6.07) is 0. The molecule has 0 bridgehead atoms. The van der Waals surface area contributed by atoms with Crippen molar-refractivity contribution in [1.82, 2.24) is 14.1 Å². The number of thioether (sulfide) groups is 1. The molecule has 2 fully saturated rings. The summed E-state index contributed by atoms with van der Waals surface area (Å²) in [7, 11) is -1.66. The summed E-state index contributed by atoms with van der Waals surface area (Å²) in [5, 5.41) is 4.23.